The van der Waals surface area contributed by atoms with E-state index in [2.05, 4.69) is 11.8 Å². The lowest BCUT2D eigenvalue weighted by molar-refractivity contribution is 0.181. The molecule has 1 N–H and O–H groups in total. The fourth-order valence-electron chi connectivity index (χ4n) is 0.845. The second kappa shape index (κ2) is 4.69. The SMILES string of the molecule is CC(C)[C@@H](O)C#Cc1ccccc1. The molecule has 0 radical (unpaired) electrons. The zero-order valence-electron chi connectivity index (χ0n) is 7.99. The molecule has 0 spiro atoms. The monoisotopic (exact) mass is 174 g/mol. The first kappa shape index (κ1) is 9.83. The van der Waals surface area contributed by atoms with E-state index >= 15 is 0 Å². The Hall–Kier alpha value is -1.26. The van der Waals surface area contributed by atoms with E-state index in [1.807, 2.05) is 44.2 Å². The molecule has 0 amide bonds. The number of aliphatic hydroxyl groups is 1. The fraction of sp³-hybridized carbons (Fsp3) is 0.333. The quantitative estimate of drug-likeness (QED) is 0.646. The van der Waals surface area contributed by atoms with E-state index < -0.39 is 6.10 Å². The Balaban J connectivity index is 2.68. The van der Waals surface area contributed by atoms with Crippen LogP contribution in [-0.4, -0.2) is 11.2 Å². The van der Waals surface area contributed by atoms with Gasteiger partial charge in [0.05, 0.1) is 0 Å². The average Bonchev–Trinajstić information content (AvgIpc) is 2.15. The molecule has 0 fully saturated rings. The molecule has 68 valence electrons. The molecule has 13 heavy (non-hydrogen) atoms. The molecule has 1 nitrogen and oxygen atoms in total. The number of hydrogen-bond acceptors (Lipinski definition) is 1. The van der Waals surface area contributed by atoms with Crippen LogP contribution in [0, 0.1) is 17.8 Å². The van der Waals surface area contributed by atoms with E-state index in [4.69, 9.17) is 0 Å². The highest BCUT2D eigenvalue weighted by molar-refractivity contribution is 5.34. The molecule has 0 saturated carbocycles. The molecule has 1 rings (SSSR count). The molecule has 1 atom stereocenters. The van der Waals surface area contributed by atoms with Crippen LogP contribution in [0.2, 0.25) is 0 Å². The summed E-state index contributed by atoms with van der Waals surface area (Å²) in [6.07, 6.45) is -0.528. The van der Waals surface area contributed by atoms with Crippen molar-refractivity contribution < 1.29 is 5.11 Å². The predicted octanol–water partition coefficient (Wildman–Crippen LogP) is 2.05. The average molecular weight is 174 g/mol. The van der Waals surface area contributed by atoms with Crippen molar-refractivity contribution in [2.45, 2.75) is 20.0 Å². The van der Waals surface area contributed by atoms with Gasteiger partial charge < -0.3 is 5.11 Å². The number of benzene rings is 1. The summed E-state index contributed by atoms with van der Waals surface area (Å²) in [5.74, 6) is 5.92. The fourth-order valence-corrected chi connectivity index (χ4v) is 0.845. The number of rotatable bonds is 1. The lowest BCUT2D eigenvalue weighted by Crippen LogP contribution is -2.11. The van der Waals surface area contributed by atoms with Crippen LogP contribution in [0.15, 0.2) is 30.3 Å². The second-order valence-electron chi connectivity index (χ2n) is 3.32. The molecule has 0 bridgehead atoms. The summed E-state index contributed by atoms with van der Waals surface area (Å²) in [6.45, 7) is 3.90. The topological polar surface area (TPSA) is 20.2 Å². The normalized spacial score (nSPS) is 12.0. The first-order chi connectivity index (χ1) is 6.20. The minimum absolute atomic E-state index is 0.191. The molecular formula is C12H14O. The highest BCUT2D eigenvalue weighted by atomic mass is 16.3. The lowest BCUT2D eigenvalue weighted by atomic mass is 10.1. The third-order valence-corrected chi connectivity index (χ3v) is 1.77. The Morgan fingerprint density at radius 2 is 1.77 bits per heavy atom. The van der Waals surface area contributed by atoms with Crippen LogP contribution < -0.4 is 0 Å². The first-order valence-corrected chi connectivity index (χ1v) is 4.45. The minimum Gasteiger partial charge on any atom is -0.380 e. The molecular weight excluding hydrogens is 160 g/mol. The van der Waals surface area contributed by atoms with Gasteiger partial charge in [-0.3, -0.25) is 0 Å². The summed E-state index contributed by atoms with van der Waals surface area (Å²) in [5.41, 5.74) is 0.946. The van der Waals surface area contributed by atoms with Gasteiger partial charge in [0, 0.05) is 5.56 Å². The van der Waals surface area contributed by atoms with Crippen molar-refractivity contribution in [3.8, 4) is 11.8 Å². The Morgan fingerprint density at radius 3 is 2.31 bits per heavy atom. The zero-order chi connectivity index (χ0) is 9.68. The summed E-state index contributed by atoms with van der Waals surface area (Å²) < 4.78 is 0. The minimum atomic E-state index is -0.528. The Labute approximate surface area is 79.4 Å². The van der Waals surface area contributed by atoms with Gasteiger partial charge >= 0.3 is 0 Å². The molecule has 0 saturated heterocycles. The molecule has 1 heteroatoms. The molecule has 0 aromatic heterocycles. The first-order valence-electron chi connectivity index (χ1n) is 4.45. The van der Waals surface area contributed by atoms with Crippen molar-refractivity contribution in [3.63, 3.8) is 0 Å². The predicted molar refractivity (Wildman–Crippen MR) is 54.2 cm³/mol. The van der Waals surface area contributed by atoms with Gasteiger partial charge in [0.1, 0.15) is 6.10 Å². The molecule has 0 unspecified atom stereocenters. The van der Waals surface area contributed by atoms with Crippen molar-refractivity contribution in [2.24, 2.45) is 5.92 Å². The van der Waals surface area contributed by atoms with Crippen LogP contribution in [0.1, 0.15) is 19.4 Å². The molecule has 0 heterocycles. The maximum Gasteiger partial charge on any atom is 0.117 e. The van der Waals surface area contributed by atoms with Crippen molar-refractivity contribution >= 4 is 0 Å². The largest absolute Gasteiger partial charge is 0.380 e. The summed E-state index contributed by atoms with van der Waals surface area (Å²) in [7, 11) is 0. The summed E-state index contributed by atoms with van der Waals surface area (Å²) in [6, 6.07) is 9.68. The Morgan fingerprint density at radius 1 is 1.15 bits per heavy atom. The number of aliphatic hydroxyl groups excluding tert-OH is 1. The van der Waals surface area contributed by atoms with Gasteiger partial charge in [0.2, 0.25) is 0 Å². The molecule has 0 aliphatic carbocycles. The van der Waals surface area contributed by atoms with Gasteiger partial charge in [-0.15, -0.1) is 0 Å². The summed E-state index contributed by atoms with van der Waals surface area (Å²) in [5, 5.41) is 9.41. The van der Waals surface area contributed by atoms with E-state index in [9.17, 15) is 5.11 Å². The van der Waals surface area contributed by atoms with Crippen LogP contribution in [0.5, 0.6) is 0 Å². The van der Waals surface area contributed by atoms with Crippen molar-refractivity contribution in [1.29, 1.82) is 0 Å². The molecule has 0 aliphatic heterocycles. The summed E-state index contributed by atoms with van der Waals surface area (Å²) in [4.78, 5) is 0. The van der Waals surface area contributed by atoms with Gasteiger partial charge in [0.15, 0.2) is 0 Å². The van der Waals surface area contributed by atoms with Crippen LogP contribution in [0.3, 0.4) is 0 Å². The molecule has 0 aliphatic rings. The zero-order valence-corrected chi connectivity index (χ0v) is 7.99. The van der Waals surface area contributed by atoms with Gasteiger partial charge in [-0.05, 0) is 18.1 Å². The van der Waals surface area contributed by atoms with Crippen LogP contribution >= 0.6 is 0 Å². The molecule has 1 aromatic carbocycles. The van der Waals surface area contributed by atoms with Crippen molar-refractivity contribution in [2.75, 3.05) is 0 Å². The van der Waals surface area contributed by atoms with Crippen molar-refractivity contribution in [3.05, 3.63) is 35.9 Å². The van der Waals surface area contributed by atoms with Gasteiger partial charge in [-0.1, -0.05) is 43.9 Å². The highest BCUT2D eigenvalue weighted by Gasteiger charge is 2.03. The maximum atomic E-state index is 9.41. The Kier molecular flexibility index (Phi) is 3.54. The van der Waals surface area contributed by atoms with E-state index in [1.165, 1.54) is 0 Å². The van der Waals surface area contributed by atoms with Gasteiger partial charge in [-0.25, -0.2) is 0 Å². The highest BCUT2D eigenvalue weighted by Crippen LogP contribution is 2.00. The number of hydrogen-bond donors (Lipinski definition) is 1. The third kappa shape index (κ3) is 3.31. The lowest BCUT2D eigenvalue weighted by Gasteiger charge is -2.05. The van der Waals surface area contributed by atoms with E-state index in [-0.39, 0.29) is 5.92 Å². The molecule has 1 aromatic rings. The Bertz CT molecular complexity index is 303. The third-order valence-electron chi connectivity index (χ3n) is 1.77. The van der Waals surface area contributed by atoms with E-state index in [0.717, 1.165) is 5.56 Å². The van der Waals surface area contributed by atoms with Crippen LogP contribution in [-0.2, 0) is 0 Å². The van der Waals surface area contributed by atoms with E-state index in [1.54, 1.807) is 0 Å². The maximum absolute atomic E-state index is 9.41. The van der Waals surface area contributed by atoms with Crippen LogP contribution in [0.25, 0.3) is 0 Å². The van der Waals surface area contributed by atoms with Gasteiger partial charge in [-0.2, -0.15) is 0 Å². The second-order valence-corrected chi connectivity index (χ2v) is 3.32. The van der Waals surface area contributed by atoms with Crippen LogP contribution in [0.4, 0.5) is 0 Å². The van der Waals surface area contributed by atoms with Gasteiger partial charge in [0.25, 0.3) is 0 Å². The smallest absolute Gasteiger partial charge is 0.117 e. The summed E-state index contributed by atoms with van der Waals surface area (Å²) >= 11 is 0. The standard InChI is InChI=1S/C12H14O/c1-10(2)12(13)9-8-11-6-4-3-5-7-11/h3-7,10,12-13H,1-2H3/t12-/m0/s1. The van der Waals surface area contributed by atoms with Crippen molar-refractivity contribution in [1.82, 2.24) is 0 Å². The van der Waals surface area contributed by atoms with E-state index in [0.29, 0.717) is 0 Å².